The fourth-order valence-electron chi connectivity index (χ4n) is 1.89. The molecule has 2 nitrogen and oxygen atoms in total. The van der Waals surface area contributed by atoms with E-state index in [4.69, 9.17) is 4.74 Å². The van der Waals surface area contributed by atoms with E-state index in [1.54, 1.807) is 13.1 Å². The maximum Gasteiger partial charge on any atom is 0.163 e. The minimum absolute atomic E-state index is 0.294. The maximum absolute atomic E-state index is 13.6. The number of likely N-dealkylation sites (N-methyl/N-ethyl adjacent to an activating group) is 1. The third-order valence-corrected chi connectivity index (χ3v) is 3.26. The topological polar surface area (TPSA) is 21.3 Å². The van der Waals surface area contributed by atoms with E-state index in [0.29, 0.717) is 18.3 Å². The fraction of sp³-hybridized carbons (Fsp3) is 0.538. The minimum atomic E-state index is -0.814. The lowest BCUT2D eigenvalue weighted by Crippen LogP contribution is -2.29. The molecule has 0 amide bonds. The number of hydrogen-bond acceptors (Lipinski definition) is 2. The van der Waals surface area contributed by atoms with Gasteiger partial charge in [0.25, 0.3) is 0 Å². The molecule has 1 aromatic carbocycles. The molecule has 0 aliphatic heterocycles. The average Bonchev–Trinajstić information content (AvgIpc) is 2.27. The molecule has 0 radical (unpaired) electrons. The molecular formula is C13H17F2NO. The zero-order chi connectivity index (χ0) is 12.3. The molecule has 0 saturated heterocycles. The molecule has 0 aromatic heterocycles. The van der Waals surface area contributed by atoms with Gasteiger partial charge in [0, 0.05) is 5.56 Å². The predicted molar refractivity (Wildman–Crippen MR) is 61.7 cm³/mol. The van der Waals surface area contributed by atoms with Crippen LogP contribution in [0.4, 0.5) is 8.78 Å². The van der Waals surface area contributed by atoms with Gasteiger partial charge < -0.3 is 10.1 Å². The number of halogens is 2. The van der Waals surface area contributed by atoms with Crippen LogP contribution in [0.15, 0.2) is 18.2 Å². The van der Waals surface area contributed by atoms with Crippen LogP contribution in [-0.4, -0.2) is 19.8 Å². The van der Waals surface area contributed by atoms with E-state index in [0.717, 1.165) is 18.9 Å². The molecule has 1 aliphatic carbocycles. The summed E-state index contributed by atoms with van der Waals surface area (Å²) >= 11 is 0. The number of hydrogen-bond donors (Lipinski definition) is 1. The molecule has 1 aromatic rings. The van der Waals surface area contributed by atoms with Crippen LogP contribution in [0.1, 0.15) is 30.9 Å². The van der Waals surface area contributed by atoms with Crippen molar-refractivity contribution in [3.8, 4) is 0 Å². The van der Waals surface area contributed by atoms with E-state index in [2.05, 4.69) is 5.32 Å². The van der Waals surface area contributed by atoms with Gasteiger partial charge in [0.15, 0.2) is 11.6 Å². The Kier molecular flexibility index (Phi) is 4.07. The second kappa shape index (κ2) is 5.56. The maximum atomic E-state index is 13.6. The zero-order valence-corrected chi connectivity index (χ0v) is 9.88. The van der Waals surface area contributed by atoms with E-state index in [9.17, 15) is 8.78 Å². The van der Waals surface area contributed by atoms with Crippen LogP contribution in [0.5, 0.6) is 0 Å². The van der Waals surface area contributed by atoms with Crippen LogP contribution in [0.2, 0.25) is 0 Å². The van der Waals surface area contributed by atoms with Crippen molar-refractivity contribution in [2.24, 2.45) is 0 Å². The van der Waals surface area contributed by atoms with Crippen molar-refractivity contribution in [3.05, 3.63) is 35.4 Å². The summed E-state index contributed by atoms with van der Waals surface area (Å²) in [6, 6.07) is 3.93. The Morgan fingerprint density at radius 2 is 2.18 bits per heavy atom. The summed E-state index contributed by atoms with van der Waals surface area (Å²) < 4.78 is 32.3. The van der Waals surface area contributed by atoms with Gasteiger partial charge in [-0.3, -0.25) is 0 Å². The predicted octanol–water partition coefficient (Wildman–Crippen LogP) is 2.79. The summed E-state index contributed by atoms with van der Waals surface area (Å²) in [5, 5.41) is 2.96. The molecule has 1 unspecified atom stereocenters. The second-order valence-electron chi connectivity index (χ2n) is 4.37. The van der Waals surface area contributed by atoms with Crippen LogP contribution in [0, 0.1) is 11.6 Å². The molecule has 4 heteroatoms. The van der Waals surface area contributed by atoms with Gasteiger partial charge in [-0.25, -0.2) is 8.78 Å². The third-order valence-electron chi connectivity index (χ3n) is 3.26. The Hall–Kier alpha value is -1.00. The van der Waals surface area contributed by atoms with E-state index in [1.807, 2.05) is 0 Å². The minimum Gasteiger partial charge on any atom is -0.376 e. The van der Waals surface area contributed by atoms with E-state index >= 15 is 0 Å². The summed E-state index contributed by atoms with van der Waals surface area (Å²) in [6.07, 6.45) is 3.63. The van der Waals surface area contributed by atoms with Gasteiger partial charge in [-0.05, 0) is 32.4 Å². The first kappa shape index (κ1) is 12.5. The first-order valence-electron chi connectivity index (χ1n) is 5.95. The highest BCUT2D eigenvalue weighted by molar-refractivity contribution is 5.22. The summed E-state index contributed by atoms with van der Waals surface area (Å²) in [4.78, 5) is 0. The fourth-order valence-corrected chi connectivity index (χ4v) is 1.89. The summed E-state index contributed by atoms with van der Waals surface area (Å²) in [5.41, 5.74) is 0.326. The van der Waals surface area contributed by atoms with Crippen LogP contribution in [0.25, 0.3) is 0 Å². The lowest BCUT2D eigenvalue weighted by molar-refractivity contribution is -0.00837. The largest absolute Gasteiger partial charge is 0.376 e. The van der Waals surface area contributed by atoms with Crippen molar-refractivity contribution in [2.75, 3.05) is 13.7 Å². The van der Waals surface area contributed by atoms with Crippen LogP contribution in [0.3, 0.4) is 0 Å². The van der Waals surface area contributed by atoms with Gasteiger partial charge in [-0.2, -0.15) is 0 Å². The number of rotatable bonds is 5. The lowest BCUT2D eigenvalue weighted by Gasteiger charge is -2.28. The van der Waals surface area contributed by atoms with Crippen molar-refractivity contribution >= 4 is 0 Å². The molecule has 0 heterocycles. The Balaban J connectivity index is 2.02. The molecule has 1 N–H and O–H groups in total. The monoisotopic (exact) mass is 241 g/mol. The molecule has 1 fully saturated rings. The SMILES string of the molecule is CNC(COC1CCC1)c1cccc(F)c1F. The molecule has 2 rings (SSSR count). The number of ether oxygens (including phenoxy) is 1. The lowest BCUT2D eigenvalue weighted by atomic mass is 9.96. The molecule has 1 aliphatic rings. The normalized spacial score (nSPS) is 17.8. The van der Waals surface area contributed by atoms with Gasteiger partial charge in [0.1, 0.15) is 0 Å². The Bertz CT molecular complexity index is 380. The zero-order valence-electron chi connectivity index (χ0n) is 9.88. The first-order chi connectivity index (χ1) is 8.22. The van der Waals surface area contributed by atoms with E-state index in [-0.39, 0.29) is 6.04 Å². The van der Waals surface area contributed by atoms with Gasteiger partial charge in [0.2, 0.25) is 0 Å². The molecule has 94 valence electrons. The molecule has 17 heavy (non-hydrogen) atoms. The van der Waals surface area contributed by atoms with Gasteiger partial charge in [-0.1, -0.05) is 12.1 Å². The summed E-state index contributed by atoms with van der Waals surface area (Å²) in [5.74, 6) is -1.60. The standard InChI is InChI=1S/C13H17F2NO/c1-16-12(8-17-9-4-2-5-9)10-6-3-7-11(14)13(10)15/h3,6-7,9,12,16H,2,4-5,8H2,1H3. The van der Waals surface area contributed by atoms with Crippen LogP contribution >= 0.6 is 0 Å². The van der Waals surface area contributed by atoms with Gasteiger partial charge >= 0.3 is 0 Å². The average molecular weight is 241 g/mol. The van der Waals surface area contributed by atoms with Crippen LogP contribution in [-0.2, 0) is 4.74 Å². The van der Waals surface area contributed by atoms with Gasteiger partial charge in [-0.15, -0.1) is 0 Å². The van der Waals surface area contributed by atoms with E-state index in [1.165, 1.54) is 12.5 Å². The van der Waals surface area contributed by atoms with Crippen molar-refractivity contribution in [2.45, 2.75) is 31.4 Å². The Labute approximate surface area is 100.0 Å². The number of benzene rings is 1. The van der Waals surface area contributed by atoms with Crippen molar-refractivity contribution < 1.29 is 13.5 Å². The number of nitrogens with one attached hydrogen (secondary N) is 1. The third kappa shape index (κ3) is 2.82. The van der Waals surface area contributed by atoms with E-state index < -0.39 is 11.6 Å². The van der Waals surface area contributed by atoms with Crippen molar-refractivity contribution in [1.29, 1.82) is 0 Å². The quantitative estimate of drug-likeness (QED) is 0.856. The summed E-state index contributed by atoms with van der Waals surface area (Å²) in [6.45, 7) is 0.377. The molecule has 0 spiro atoms. The highest BCUT2D eigenvalue weighted by atomic mass is 19.2. The highest BCUT2D eigenvalue weighted by Gasteiger charge is 2.22. The highest BCUT2D eigenvalue weighted by Crippen LogP contribution is 2.25. The second-order valence-corrected chi connectivity index (χ2v) is 4.37. The molecular weight excluding hydrogens is 224 g/mol. The Morgan fingerprint density at radius 1 is 1.41 bits per heavy atom. The molecule has 1 saturated carbocycles. The smallest absolute Gasteiger partial charge is 0.163 e. The molecule has 0 bridgehead atoms. The van der Waals surface area contributed by atoms with Crippen molar-refractivity contribution in [3.63, 3.8) is 0 Å². The molecule has 1 atom stereocenters. The van der Waals surface area contributed by atoms with Crippen molar-refractivity contribution in [1.82, 2.24) is 5.32 Å². The first-order valence-corrected chi connectivity index (χ1v) is 5.95. The van der Waals surface area contributed by atoms with Crippen LogP contribution < -0.4 is 5.32 Å². The summed E-state index contributed by atoms with van der Waals surface area (Å²) in [7, 11) is 1.72. The van der Waals surface area contributed by atoms with Gasteiger partial charge in [0.05, 0.1) is 18.8 Å². The Morgan fingerprint density at radius 3 is 2.76 bits per heavy atom.